The van der Waals surface area contributed by atoms with Crippen molar-refractivity contribution in [1.29, 1.82) is 0 Å². The number of esters is 1. The average Bonchev–Trinajstić information content (AvgIpc) is 2.68. The van der Waals surface area contributed by atoms with Gasteiger partial charge in [-0.3, -0.25) is 4.79 Å². The highest BCUT2D eigenvalue weighted by Crippen LogP contribution is 2.13. The summed E-state index contributed by atoms with van der Waals surface area (Å²) < 4.78 is 4.43. The Morgan fingerprint density at radius 1 is 0.667 bits per heavy atom. The van der Waals surface area contributed by atoms with Gasteiger partial charge in [-0.1, -0.05) is 103 Å². The van der Waals surface area contributed by atoms with E-state index in [2.05, 4.69) is 17.0 Å². The van der Waals surface area contributed by atoms with E-state index < -0.39 is 5.97 Å². The zero-order valence-electron chi connectivity index (χ0n) is 17.9. The molecule has 0 saturated heterocycles. The van der Waals surface area contributed by atoms with Crippen molar-refractivity contribution >= 4 is 11.9 Å². The molecule has 0 heterocycles. The van der Waals surface area contributed by atoms with Gasteiger partial charge >= 0.3 is 5.97 Å². The minimum absolute atomic E-state index is 0.235. The molecule has 0 atom stereocenters. The van der Waals surface area contributed by atoms with E-state index in [4.69, 9.17) is 0 Å². The SMILES string of the molecule is CCCCCCCCCCCCCCCCCCNC(=O)C=CC(=O)OC. The number of hydrogen-bond acceptors (Lipinski definition) is 3. The lowest BCUT2D eigenvalue weighted by Crippen LogP contribution is -2.22. The van der Waals surface area contributed by atoms with Crippen molar-refractivity contribution < 1.29 is 14.3 Å². The van der Waals surface area contributed by atoms with Crippen LogP contribution in [0.2, 0.25) is 0 Å². The van der Waals surface area contributed by atoms with E-state index in [0.29, 0.717) is 6.54 Å². The predicted molar refractivity (Wildman–Crippen MR) is 114 cm³/mol. The smallest absolute Gasteiger partial charge is 0.330 e. The second-order valence-electron chi connectivity index (χ2n) is 7.45. The maximum atomic E-state index is 11.4. The largest absolute Gasteiger partial charge is 0.466 e. The molecule has 4 heteroatoms. The molecule has 0 unspecified atom stereocenters. The van der Waals surface area contributed by atoms with Gasteiger partial charge in [-0.25, -0.2) is 4.79 Å². The minimum atomic E-state index is -0.507. The number of hydrogen-bond donors (Lipinski definition) is 1. The lowest BCUT2D eigenvalue weighted by Gasteiger charge is -2.04. The Kier molecular flexibility index (Phi) is 20.0. The lowest BCUT2D eigenvalue weighted by atomic mass is 10.0. The van der Waals surface area contributed by atoms with Crippen molar-refractivity contribution in [3.05, 3.63) is 12.2 Å². The number of methoxy groups -OCH3 is 1. The van der Waals surface area contributed by atoms with Crippen molar-refractivity contribution in [2.24, 2.45) is 0 Å². The van der Waals surface area contributed by atoms with Crippen LogP contribution in [0.1, 0.15) is 110 Å². The molecule has 0 fully saturated rings. The highest BCUT2D eigenvalue weighted by molar-refractivity contribution is 5.94. The Balaban J connectivity index is 3.18. The molecule has 0 aromatic heterocycles. The molecule has 0 aromatic carbocycles. The van der Waals surface area contributed by atoms with Crippen LogP contribution in [0.25, 0.3) is 0 Å². The molecule has 0 radical (unpaired) electrons. The maximum Gasteiger partial charge on any atom is 0.330 e. The molecular weight excluding hydrogens is 338 g/mol. The highest BCUT2D eigenvalue weighted by atomic mass is 16.5. The molecule has 27 heavy (non-hydrogen) atoms. The zero-order valence-corrected chi connectivity index (χ0v) is 17.9. The third-order valence-corrected chi connectivity index (χ3v) is 4.90. The van der Waals surface area contributed by atoms with E-state index in [1.54, 1.807) is 0 Å². The molecule has 1 N–H and O–H groups in total. The molecule has 0 aliphatic heterocycles. The quantitative estimate of drug-likeness (QED) is 0.167. The molecule has 0 aromatic rings. The van der Waals surface area contributed by atoms with Gasteiger partial charge in [0.15, 0.2) is 0 Å². The van der Waals surface area contributed by atoms with Gasteiger partial charge in [-0.2, -0.15) is 0 Å². The van der Waals surface area contributed by atoms with Gasteiger partial charge in [0, 0.05) is 18.7 Å². The Morgan fingerprint density at radius 2 is 1.07 bits per heavy atom. The maximum absolute atomic E-state index is 11.4. The summed E-state index contributed by atoms with van der Waals surface area (Å²) in [6.07, 6.45) is 23.9. The van der Waals surface area contributed by atoms with Crippen LogP contribution in [-0.4, -0.2) is 25.5 Å². The molecule has 0 spiro atoms. The fourth-order valence-electron chi connectivity index (χ4n) is 3.16. The van der Waals surface area contributed by atoms with Crippen LogP contribution >= 0.6 is 0 Å². The van der Waals surface area contributed by atoms with Crippen molar-refractivity contribution in [3.8, 4) is 0 Å². The first-order valence-corrected chi connectivity index (χ1v) is 11.2. The molecule has 0 aliphatic carbocycles. The van der Waals surface area contributed by atoms with Crippen molar-refractivity contribution in [3.63, 3.8) is 0 Å². The fourth-order valence-corrected chi connectivity index (χ4v) is 3.16. The Bertz CT molecular complexity index is 380. The van der Waals surface area contributed by atoms with Crippen molar-refractivity contribution in [2.45, 2.75) is 110 Å². The third-order valence-electron chi connectivity index (χ3n) is 4.90. The van der Waals surface area contributed by atoms with E-state index in [9.17, 15) is 9.59 Å². The zero-order chi connectivity index (χ0) is 20.0. The summed E-state index contributed by atoms with van der Waals surface area (Å²) in [5, 5.41) is 2.78. The number of carbonyl (C=O) groups is 2. The second kappa shape index (κ2) is 21.0. The Morgan fingerprint density at radius 3 is 1.48 bits per heavy atom. The monoisotopic (exact) mass is 381 g/mol. The summed E-state index contributed by atoms with van der Waals surface area (Å²) in [4.78, 5) is 22.3. The number of unbranched alkanes of at least 4 members (excludes halogenated alkanes) is 15. The molecular formula is C23H43NO3. The summed E-state index contributed by atoms with van der Waals surface area (Å²) in [5.74, 6) is -0.742. The van der Waals surface area contributed by atoms with Crippen molar-refractivity contribution in [1.82, 2.24) is 5.32 Å². The molecule has 4 nitrogen and oxygen atoms in total. The summed E-state index contributed by atoms with van der Waals surface area (Å²) in [5.41, 5.74) is 0. The molecule has 0 rings (SSSR count). The van der Waals surface area contributed by atoms with Gasteiger partial charge in [0.05, 0.1) is 7.11 Å². The average molecular weight is 382 g/mol. The van der Waals surface area contributed by atoms with E-state index in [-0.39, 0.29) is 5.91 Å². The summed E-state index contributed by atoms with van der Waals surface area (Å²) in [6.45, 7) is 2.94. The Hall–Kier alpha value is -1.32. The first kappa shape index (κ1) is 25.7. The standard InChI is InChI=1S/C23H43NO3/c1-3-4-5-6-7-8-9-10-11-12-13-14-15-16-17-18-21-24-22(25)19-20-23(26)27-2/h19-20H,3-18,21H2,1-2H3,(H,24,25). The van der Waals surface area contributed by atoms with E-state index in [1.807, 2.05) is 0 Å². The normalized spacial score (nSPS) is 11.0. The minimum Gasteiger partial charge on any atom is -0.466 e. The number of amides is 1. The Labute approximate surface area is 167 Å². The van der Waals surface area contributed by atoms with Gasteiger partial charge in [0.25, 0.3) is 0 Å². The van der Waals surface area contributed by atoms with Gasteiger partial charge in [-0.15, -0.1) is 0 Å². The van der Waals surface area contributed by atoms with Gasteiger partial charge in [-0.05, 0) is 6.42 Å². The van der Waals surface area contributed by atoms with Crippen LogP contribution in [0.15, 0.2) is 12.2 Å². The number of carbonyl (C=O) groups excluding carboxylic acids is 2. The third kappa shape index (κ3) is 20.8. The summed E-state index contributed by atoms with van der Waals surface area (Å²) in [6, 6.07) is 0. The van der Waals surface area contributed by atoms with E-state index >= 15 is 0 Å². The molecule has 1 amide bonds. The predicted octanol–water partition coefficient (Wildman–Crippen LogP) is 6.09. The first-order valence-electron chi connectivity index (χ1n) is 11.2. The van der Waals surface area contributed by atoms with E-state index in [0.717, 1.165) is 18.9 Å². The topological polar surface area (TPSA) is 55.4 Å². The number of ether oxygens (including phenoxy) is 1. The van der Waals surface area contributed by atoms with Crippen LogP contribution in [0.3, 0.4) is 0 Å². The number of rotatable bonds is 19. The summed E-state index contributed by atoms with van der Waals surface area (Å²) >= 11 is 0. The van der Waals surface area contributed by atoms with Crippen molar-refractivity contribution in [2.75, 3.05) is 13.7 Å². The van der Waals surface area contributed by atoms with Gasteiger partial charge in [0.1, 0.15) is 0 Å². The second-order valence-corrected chi connectivity index (χ2v) is 7.45. The highest BCUT2D eigenvalue weighted by Gasteiger charge is 1.98. The van der Waals surface area contributed by atoms with Crippen LogP contribution in [0.5, 0.6) is 0 Å². The van der Waals surface area contributed by atoms with Gasteiger partial charge in [0.2, 0.25) is 5.91 Å². The van der Waals surface area contributed by atoms with E-state index in [1.165, 1.54) is 103 Å². The summed E-state index contributed by atoms with van der Waals surface area (Å²) in [7, 11) is 1.29. The van der Waals surface area contributed by atoms with Crippen LogP contribution < -0.4 is 5.32 Å². The molecule has 0 saturated carbocycles. The molecule has 0 bridgehead atoms. The van der Waals surface area contributed by atoms with Crippen LogP contribution in [0, 0.1) is 0 Å². The van der Waals surface area contributed by atoms with Crippen LogP contribution in [0.4, 0.5) is 0 Å². The molecule has 158 valence electrons. The fraction of sp³-hybridized carbons (Fsp3) is 0.826. The lowest BCUT2D eigenvalue weighted by molar-refractivity contribution is -0.135. The number of nitrogens with one attached hydrogen (secondary N) is 1. The molecule has 0 aliphatic rings. The first-order chi connectivity index (χ1) is 13.2. The van der Waals surface area contributed by atoms with Crippen LogP contribution in [-0.2, 0) is 14.3 Å². The van der Waals surface area contributed by atoms with Gasteiger partial charge < -0.3 is 10.1 Å².